The maximum atomic E-state index is 13.3. The number of nitrogens with zero attached hydrogens (tertiary/aromatic N) is 2. The van der Waals surface area contributed by atoms with E-state index in [0.717, 1.165) is 5.56 Å². The normalized spacial score (nSPS) is 17.2. The lowest BCUT2D eigenvalue weighted by molar-refractivity contribution is -0.142. The average Bonchev–Trinajstić information content (AvgIpc) is 3.05. The first-order valence-corrected chi connectivity index (χ1v) is 10.1. The van der Waals surface area contributed by atoms with Gasteiger partial charge in [-0.25, -0.2) is 4.39 Å². The summed E-state index contributed by atoms with van der Waals surface area (Å²) in [7, 11) is 1.83. The van der Waals surface area contributed by atoms with E-state index < -0.39 is 0 Å². The van der Waals surface area contributed by atoms with Gasteiger partial charge >= 0.3 is 0 Å². The van der Waals surface area contributed by atoms with Crippen molar-refractivity contribution in [3.63, 3.8) is 0 Å². The van der Waals surface area contributed by atoms with Crippen LogP contribution in [0.15, 0.2) is 35.7 Å². The molecule has 6 heteroatoms. The van der Waals surface area contributed by atoms with Gasteiger partial charge in [0.1, 0.15) is 5.82 Å². The number of rotatable bonds is 6. The zero-order chi connectivity index (χ0) is 19.4. The lowest BCUT2D eigenvalue weighted by Gasteiger charge is -2.34. The molecule has 0 saturated carbocycles. The molecular weight excluding hydrogens is 363 g/mol. The maximum absolute atomic E-state index is 13.3. The minimum Gasteiger partial charge on any atom is -0.342 e. The second-order valence-electron chi connectivity index (χ2n) is 7.18. The molecule has 27 heavy (non-hydrogen) atoms. The van der Waals surface area contributed by atoms with Crippen LogP contribution in [-0.4, -0.2) is 41.8 Å². The number of amides is 2. The Labute approximate surface area is 163 Å². The molecular formula is C21H25FN2O2S. The van der Waals surface area contributed by atoms with E-state index in [2.05, 4.69) is 13.0 Å². The first kappa shape index (κ1) is 19.5. The van der Waals surface area contributed by atoms with E-state index in [0.29, 0.717) is 38.9 Å². The van der Waals surface area contributed by atoms with Gasteiger partial charge in [-0.2, -0.15) is 0 Å². The van der Waals surface area contributed by atoms with Crippen LogP contribution in [0.5, 0.6) is 0 Å². The topological polar surface area (TPSA) is 40.6 Å². The van der Waals surface area contributed by atoms with Gasteiger partial charge in [-0.1, -0.05) is 12.1 Å². The minimum absolute atomic E-state index is 0.0761. The number of aryl methyl sites for hydroxylation is 1. The van der Waals surface area contributed by atoms with Gasteiger partial charge in [-0.3, -0.25) is 9.59 Å². The summed E-state index contributed by atoms with van der Waals surface area (Å²) in [4.78, 5) is 29.8. The van der Waals surface area contributed by atoms with Crippen molar-refractivity contribution in [2.24, 2.45) is 5.92 Å². The number of hydrogen-bond donors (Lipinski definition) is 0. The molecule has 0 N–H and O–H groups in total. The number of halogens is 1. The van der Waals surface area contributed by atoms with Crippen molar-refractivity contribution in [1.29, 1.82) is 0 Å². The molecule has 1 aliphatic rings. The van der Waals surface area contributed by atoms with Crippen LogP contribution < -0.4 is 0 Å². The highest BCUT2D eigenvalue weighted by atomic mass is 32.1. The summed E-state index contributed by atoms with van der Waals surface area (Å²) in [6.07, 6.45) is 1.59. The number of carbonyl (C=O) groups excluding carboxylic acids is 2. The van der Waals surface area contributed by atoms with Crippen molar-refractivity contribution in [3.05, 3.63) is 57.5 Å². The Bertz CT molecular complexity index is 820. The molecule has 0 spiro atoms. The molecule has 1 fully saturated rings. The second-order valence-corrected chi connectivity index (χ2v) is 8.18. The Morgan fingerprint density at radius 2 is 2.19 bits per heavy atom. The molecule has 0 radical (unpaired) electrons. The molecule has 1 saturated heterocycles. The second kappa shape index (κ2) is 8.65. The number of likely N-dealkylation sites (tertiary alicyclic amines) is 1. The van der Waals surface area contributed by atoms with Crippen LogP contribution in [-0.2, 0) is 22.6 Å². The van der Waals surface area contributed by atoms with Gasteiger partial charge in [0.25, 0.3) is 0 Å². The first-order valence-electron chi connectivity index (χ1n) is 9.24. The summed E-state index contributed by atoms with van der Waals surface area (Å²) in [5.74, 6) is -0.269. The molecule has 1 aromatic heterocycles. The van der Waals surface area contributed by atoms with E-state index in [-0.39, 0.29) is 23.5 Å². The molecule has 2 heterocycles. The van der Waals surface area contributed by atoms with Crippen LogP contribution in [0, 0.1) is 18.7 Å². The van der Waals surface area contributed by atoms with Crippen molar-refractivity contribution < 1.29 is 14.0 Å². The molecule has 2 aromatic rings. The predicted octanol–water partition coefficient (Wildman–Crippen LogP) is 3.64. The fourth-order valence-electron chi connectivity index (χ4n) is 3.46. The summed E-state index contributed by atoms with van der Waals surface area (Å²) in [5, 5.41) is 2.04. The van der Waals surface area contributed by atoms with Crippen LogP contribution in [0.3, 0.4) is 0 Å². The first-order chi connectivity index (χ1) is 12.9. The minimum atomic E-state index is -0.268. The predicted molar refractivity (Wildman–Crippen MR) is 105 cm³/mol. The van der Waals surface area contributed by atoms with Gasteiger partial charge in [0, 0.05) is 31.4 Å². The number of carbonyl (C=O) groups is 2. The molecule has 0 unspecified atom stereocenters. The lowest BCUT2D eigenvalue weighted by Crippen LogP contribution is -2.46. The average molecular weight is 389 g/mol. The fourth-order valence-corrected chi connectivity index (χ4v) is 4.42. The van der Waals surface area contributed by atoms with Crippen LogP contribution in [0.4, 0.5) is 4.39 Å². The van der Waals surface area contributed by atoms with E-state index in [1.807, 2.05) is 18.5 Å². The number of thiophene rings is 1. The molecule has 3 rings (SSSR count). The standard InChI is InChI=1S/C21H25FN2O2S/c1-15-9-11-27-19(15)14-23(2)21(26)17-6-7-20(25)24(13-17)10-8-16-4-3-5-18(22)12-16/h3-5,9,11-12,17H,6-8,10,13-14H2,1-2H3/t17-/m0/s1. The molecule has 0 aliphatic carbocycles. The van der Waals surface area contributed by atoms with Gasteiger partial charge in [0.05, 0.1) is 12.5 Å². The van der Waals surface area contributed by atoms with E-state index >= 15 is 0 Å². The maximum Gasteiger partial charge on any atom is 0.227 e. The van der Waals surface area contributed by atoms with E-state index in [9.17, 15) is 14.0 Å². The third kappa shape index (κ3) is 4.95. The third-order valence-corrected chi connectivity index (χ3v) is 6.14. The van der Waals surface area contributed by atoms with Crippen LogP contribution in [0.2, 0.25) is 0 Å². The van der Waals surface area contributed by atoms with Crippen molar-refractivity contribution >= 4 is 23.2 Å². The van der Waals surface area contributed by atoms with Gasteiger partial charge < -0.3 is 9.80 Å². The SMILES string of the molecule is Cc1ccsc1CN(C)C(=O)[C@H]1CCC(=O)N(CCc2cccc(F)c2)C1. The molecule has 144 valence electrons. The monoisotopic (exact) mass is 388 g/mol. The summed E-state index contributed by atoms with van der Waals surface area (Å²) in [5.41, 5.74) is 2.07. The highest BCUT2D eigenvalue weighted by Crippen LogP contribution is 2.23. The van der Waals surface area contributed by atoms with Gasteiger partial charge in [0.2, 0.25) is 11.8 Å². The Morgan fingerprint density at radius 3 is 2.89 bits per heavy atom. The smallest absolute Gasteiger partial charge is 0.227 e. The van der Waals surface area contributed by atoms with Gasteiger partial charge in [0.15, 0.2) is 0 Å². The number of piperidine rings is 1. The quantitative estimate of drug-likeness (QED) is 0.758. The highest BCUT2D eigenvalue weighted by molar-refractivity contribution is 7.10. The van der Waals surface area contributed by atoms with E-state index in [4.69, 9.17) is 0 Å². The zero-order valence-corrected chi connectivity index (χ0v) is 16.6. The van der Waals surface area contributed by atoms with Crippen LogP contribution in [0.25, 0.3) is 0 Å². The van der Waals surface area contributed by atoms with E-state index in [1.165, 1.54) is 22.6 Å². The van der Waals surface area contributed by atoms with Crippen molar-refractivity contribution in [2.45, 2.75) is 32.7 Å². The lowest BCUT2D eigenvalue weighted by atomic mass is 9.95. The Balaban J connectivity index is 1.57. The largest absolute Gasteiger partial charge is 0.342 e. The molecule has 4 nitrogen and oxygen atoms in total. The van der Waals surface area contributed by atoms with Crippen LogP contribution >= 0.6 is 11.3 Å². The molecule has 2 amide bonds. The van der Waals surface area contributed by atoms with Gasteiger partial charge in [-0.15, -0.1) is 11.3 Å². The highest BCUT2D eigenvalue weighted by Gasteiger charge is 2.31. The summed E-state index contributed by atoms with van der Waals surface area (Å²) in [6.45, 7) is 3.62. The van der Waals surface area contributed by atoms with E-state index in [1.54, 1.807) is 27.2 Å². The molecule has 1 atom stereocenters. The molecule has 1 aliphatic heterocycles. The van der Waals surface area contributed by atoms with Gasteiger partial charge in [-0.05, 0) is 54.5 Å². The van der Waals surface area contributed by atoms with Crippen LogP contribution in [0.1, 0.15) is 28.8 Å². The van der Waals surface area contributed by atoms with Crippen molar-refractivity contribution in [1.82, 2.24) is 9.80 Å². The zero-order valence-electron chi connectivity index (χ0n) is 15.8. The Morgan fingerprint density at radius 1 is 1.37 bits per heavy atom. The number of benzene rings is 1. The summed E-state index contributed by atoms with van der Waals surface area (Å²) in [6, 6.07) is 8.50. The fraction of sp³-hybridized carbons (Fsp3) is 0.429. The van der Waals surface area contributed by atoms with Crippen molar-refractivity contribution in [3.8, 4) is 0 Å². The molecule has 0 bridgehead atoms. The third-order valence-electron chi connectivity index (χ3n) is 5.13. The summed E-state index contributed by atoms with van der Waals surface area (Å²) >= 11 is 1.66. The number of hydrogen-bond acceptors (Lipinski definition) is 3. The Kier molecular flexibility index (Phi) is 6.26. The Hall–Kier alpha value is -2.21. The summed E-state index contributed by atoms with van der Waals surface area (Å²) < 4.78 is 13.3. The van der Waals surface area contributed by atoms with Crippen molar-refractivity contribution in [2.75, 3.05) is 20.1 Å². The molecule has 1 aromatic carbocycles.